The minimum absolute atomic E-state index is 0.133. The maximum Gasteiger partial charge on any atom is 0.281 e. The van der Waals surface area contributed by atoms with E-state index in [1.54, 1.807) is 11.4 Å². The molecule has 1 aliphatic heterocycles. The van der Waals surface area contributed by atoms with Crippen molar-refractivity contribution in [1.29, 1.82) is 0 Å². The largest absolute Gasteiger partial charge is 0.281 e. The highest BCUT2D eigenvalue weighted by Gasteiger charge is 2.33. The molecule has 0 aromatic carbocycles. The fraction of sp³-hybridized carbons (Fsp3) is 1.00. The second kappa shape index (κ2) is 5.48. The second-order valence-corrected chi connectivity index (χ2v) is 6.34. The molecule has 0 aromatic rings. The van der Waals surface area contributed by atoms with Gasteiger partial charge in [-0.05, 0) is 26.2 Å². The van der Waals surface area contributed by atoms with Gasteiger partial charge in [-0.2, -0.15) is 17.0 Å². The van der Waals surface area contributed by atoms with Gasteiger partial charge in [-0.25, -0.2) is 0 Å². The van der Waals surface area contributed by atoms with Crippen molar-refractivity contribution in [2.75, 3.05) is 26.0 Å². The third-order valence-corrected chi connectivity index (χ3v) is 5.16. The first-order valence-electron chi connectivity index (χ1n) is 5.29. The molecule has 0 amide bonds. The van der Waals surface area contributed by atoms with Gasteiger partial charge in [0, 0.05) is 32.1 Å². The van der Waals surface area contributed by atoms with Crippen LogP contribution < -0.4 is 0 Å². The standard InChI is InChI=1S/C9H19ClN2O2S/c1-9-5-3-8-12(9)15(13,14)11(2)7-4-6-10/h9H,3-8H2,1-2H3. The van der Waals surface area contributed by atoms with Gasteiger partial charge in [0.05, 0.1) is 0 Å². The highest BCUT2D eigenvalue weighted by Crippen LogP contribution is 2.22. The predicted molar refractivity (Wildman–Crippen MR) is 62.3 cm³/mol. The lowest BCUT2D eigenvalue weighted by molar-refractivity contribution is 0.355. The van der Waals surface area contributed by atoms with E-state index in [0.717, 1.165) is 12.8 Å². The Balaban J connectivity index is 2.64. The average molecular weight is 255 g/mol. The SMILES string of the molecule is CC1CCCN1S(=O)(=O)N(C)CCCCl. The summed E-state index contributed by atoms with van der Waals surface area (Å²) >= 11 is 5.55. The monoisotopic (exact) mass is 254 g/mol. The summed E-state index contributed by atoms with van der Waals surface area (Å²) in [6, 6.07) is 0.133. The van der Waals surface area contributed by atoms with Crippen molar-refractivity contribution in [1.82, 2.24) is 8.61 Å². The molecule has 0 N–H and O–H groups in total. The van der Waals surface area contributed by atoms with E-state index in [4.69, 9.17) is 11.6 Å². The van der Waals surface area contributed by atoms with Crippen molar-refractivity contribution < 1.29 is 8.42 Å². The van der Waals surface area contributed by atoms with Gasteiger partial charge in [0.1, 0.15) is 0 Å². The molecule has 0 aromatic heterocycles. The number of hydrogen-bond acceptors (Lipinski definition) is 2. The van der Waals surface area contributed by atoms with Crippen LogP contribution in [0.2, 0.25) is 0 Å². The van der Waals surface area contributed by atoms with Gasteiger partial charge < -0.3 is 0 Å². The zero-order chi connectivity index (χ0) is 11.5. The van der Waals surface area contributed by atoms with Crippen molar-refractivity contribution in [2.45, 2.75) is 32.2 Å². The Bertz CT molecular complexity index is 294. The molecule has 1 heterocycles. The summed E-state index contributed by atoms with van der Waals surface area (Å²) in [5.41, 5.74) is 0. The second-order valence-electron chi connectivity index (χ2n) is 3.97. The molecule has 0 aliphatic carbocycles. The smallest absolute Gasteiger partial charge is 0.195 e. The lowest BCUT2D eigenvalue weighted by atomic mass is 10.3. The van der Waals surface area contributed by atoms with Crippen LogP contribution in [0.1, 0.15) is 26.2 Å². The summed E-state index contributed by atoms with van der Waals surface area (Å²) < 4.78 is 27.1. The van der Waals surface area contributed by atoms with Crippen molar-refractivity contribution >= 4 is 21.8 Å². The number of hydrogen-bond donors (Lipinski definition) is 0. The van der Waals surface area contributed by atoms with Crippen molar-refractivity contribution in [3.8, 4) is 0 Å². The molecule has 4 nitrogen and oxygen atoms in total. The summed E-state index contributed by atoms with van der Waals surface area (Å²) in [5, 5.41) is 0. The van der Waals surface area contributed by atoms with E-state index in [1.165, 1.54) is 4.31 Å². The van der Waals surface area contributed by atoms with Crippen molar-refractivity contribution in [2.24, 2.45) is 0 Å². The summed E-state index contributed by atoms with van der Waals surface area (Å²) in [6.45, 7) is 3.10. The molecule has 15 heavy (non-hydrogen) atoms. The van der Waals surface area contributed by atoms with Gasteiger partial charge in [0.25, 0.3) is 10.2 Å². The third-order valence-electron chi connectivity index (χ3n) is 2.79. The van der Waals surface area contributed by atoms with Crippen LogP contribution in [0.5, 0.6) is 0 Å². The highest BCUT2D eigenvalue weighted by atomic mass is 35.5. The van der Waals surface area contributed by atoms with E-state index in [-0.39, 0.29) is 6.04 Å². The number of alkyl halides is 1. The zero-order valence-corrected chi connectivity index (χ0v) is 10.9. The van der Waals surface area contributed by atoms with E-state index in [1.807, 2.05) is 6.92 Å². The Kier molecular flexibility index (Phi) is 4.83. The molecule has 0 saturated carbocycles. The Morgan fingerprint density at radius 2 is 2.20 bits per heavy atom. The van der Waals surface area contributed by atoms with Crippen LogP contribution in [0, 0.1) is 0 Å². The normalized spacial score (nSPS) is 23.9. The first kappa shape index (κ1) is 13.2. The van der Waals surface area contributed by atoms with Gasteiger partial charge >= 0.3 is 0 Å². The van der Waals surface area contributed by atoms with Crippen molar-refractivity contribution in [3.05, 3.63) is 0 Å². The van der Waals surface area contributed by atoms with Crippen LogP contribution in [-0.2, 0) is 10.2 Å². The molecule has 6 heteroatoms. The summed E-state index contributed by atoms with van der Waals surface area (Å²) in [7, 11) is -1.63. The fourth-order valence-corrected chi connectivity index (χ4v) is 3.58. The molecule has 1 fully saturated rings. The number of halogens is 1. The van der Waals surface area contributed by atoms with E-state index >= 15 is 0 Å². The fourth-order valence-electron chi connectivity index (χ4n) is 1.83. The van der Waals surface area contributed by atoms with E-state index in [0.29, 0.717) is 25.4 Å². The topological polar surface area (TPSA) is 40.6 Å². The van der Waals surface area contributed by atoms with Gasteiger partial charge in [0.2, 0.25) is 0 Å². The first-order valence-corrected chi connectivity index (χ1v) is 7.22. The molecule has 0 radical (unpaired) electrons. The molecule has 1 unspecified atom stereocenters. The Hall–Kier alpha value is 0.160. The third kappa shape index (κ3) is 3.06. The van der Waals surface area contributed by atoms with Crippen LogP contribution in [-0.4, -0.2) is 49.1 Å². The van der Waals surface area contributed by atoms with E-state index in [9.17, 15) is 8.42 Å². The van der Waals surface area contributed by atoms with Crippen LogP contribution in [0.3, 0.4) is 0 Å². The lowest BCUT2D eigenvalue weighted by Crippen LogP contribution is -2.43. The number of rotatable bonds is 5. The van der Waals surface area contributed by atoms with E-state index in [2.05, 4.69) is 0 Å². The zero-order valence-electron chi connectivity index (χ0n) is 9.32. The van der Waals surface area contributed by atoms with E-state index < -0.39 is 10.2 Å². The maximum atomic E-state index is 12.1. The molecular formula is C9H19ClN2O2S. The van der Waals surface area contributed by atoms with Gasteiger partial charge in [-0.15, -0.1) is 11.6 Å². The summed E-state index contributed by atoms with van der Waals surface area (Å²) in [5.74, 6) is 0.495. The summed E-state index contributed by atoms with van der Waals surface area (Å²) in [6.07, 6.45) is 2.62. The van der Waals surface area contributed by atoms with Crippen LogP contribution in [0.4, 0.5) is 0 Å². The molecule has 1 atom stereocenters. The van der Waals surface area contributed by atoms with Gasteiger partial charge in [0.15, 0.2) is 0 Å². The highest BCUT2D eigenvalue weighted by molar-refractivity contribution is 7.86. The van der Waals surface area contributed by atoms with Crippen molar-refractivity contribution in [3.63, 3.8) is 0 Å². The maximum absolute atomic E-state index is 12.1. The molecule has 1 saturated heterocycles. The van der Waals surface area contributed by atoms with Crippen LogP contribution in [0.25, 0.3) is 0 Å². The minimum Gasteiger partial charge on any atom is -0.195 e. The molecule has 1 rings (SSSR count). The van der Waals surface area contributed by atoms with Gasteiger partial charge in [-0.1, -0.05) is 0 Å². The predicted octanol–water partition coefficient (Wildman–Crippen LogP) is 1.28. The molecule has 0 bridgehead atoms. The molecule has 90 valence electrons. The van der Waals surface area contributed by atoms with Crippen LogP contribution in [0.15, 0.2) is 0 Å². The first-order chi connectivity index (χ1) is 7.00. The Labute approximate surface area is 97.4 Å². The minimum atomic E-state index is -3.25. The average Bonchev–Trinajstić information content (AvgIpc) is 2.61. The molecule has 1 aliphatic rings. The molecular weight excluding hydrogens is 236 g/mol. The quantitative estimate of drug-likeness (QED) is 0.694. The van der Waals surface area contributed by atoms with Crippen LogP contribution >= 0.6 is 11.6 Å². The molecule has 0 spiro atoms. The van der Waals surface area contributed by atoms with Gasteiger partial charge in [-0.3, -0.25) is 0 Å². The summed E-state index contributed by atoms with van der Waals surface area (Å²) in [4.78, 5) is 0. The Morgan fingerprint density at radius 1 is 1.53 bits per heavy atom. The Morgan fingerprint density at radius 3 is 2.67 bits per heavy atom. The lowest BCUT2D eigenvalue weighted by Gasteiger charge is -2.26. The number of nitrogens with zero attached hydrogens (tertiary/aromatic N) is 2.